The van der Waals surface area contributed by atoms with Gasteiger partial charge in [0.05, 0.1) is 29.8 Å². The van der Waals surface area contributed by atoms with Crippen molar-refractivity contribution in [3.63, 3.8) is 0 Å². The van der Waals surface area contributed by atoms with E-state index in [1.807, 2.05) is 12.1 Å². The molecule has 2 aromatic carbocycles. The molecule has 3 amide bonds. The lowest BCUT2D eigenvalue weighted by Crippen LogP contribution is -2.32. The first-order chi connectivity index (χ1) is 13.1. The fraction of sp³-hybridized carbons (Fsp3) is 0.150. The summed E-state index contributed by atoms with van der Waals surface area (Å²) in [6, 6.07) is 16.8. The lowest BCUT2D eigenvalue weighted by atomic mass is 10.1. The molecule has 0 aliphatic carbocycles. The van der Waals surface area contributed by atoms with Crippen LogP contribution in [0.2, 0.25) is 0 Å². The van der Waals surface area contributed by atoms with Crippen molar-refractivity contribution >= 4 is 17.7 Å². The summed E-state index contributed by atoms with van der Waals surface area (Å²) in [4.78, 5) is 39.7. The van der Waals surface area contributed by atoms with Crippen molar-refractivity contribution in [2.24, 2.45) is 0 Å². The van der Waals surface area contributed by atoms with E-state index in [4.69, 9.17) is 10.5 Å². The highest BCUT2D eigenvalue weighted by Crippen LogP contribution is 2.24. The van der Waals surface area contributed by atoms with Crippen molar-refractivity contribution in [2.75, 3.05) is 13.1 Å². The fourth-order valence-corrected chi connectivity index (χ4v) is 2.92. The van der Waals surface area contributed by atoms with Gasteiger partial charge in [0.15, 0.2) is 0 Å². The number of rotatable bonds is 5. The van der Waals surface area contributed by atoms with Gasteiger partial charge in [0.1, 0.15) is 13.1 Å². The van der Waals surface area contributed by atoms with Gasteiger partial charge in [-0.25, -0.2) is 0 Å². The number of imide groups is 1. The quantitative estimate of drug-likeness (QED) is 0.600. The minimum absolute atomic E-state index is 0.0317. The van der Waals surface area contributed by atoms with E-state index in [9.17, 15) is 14.4 Å². The number of fused-ring (bicyclic) bond motifs is 1. The van der Waals surface area contributed by atoms with Crippen molar-refractivity contribution in [3.8, 4) is 12.1 Å². The molecule has 27 heavy (non-hydrogen) atoms. The van der Waals surface area contributed by atoms with Crippen molar-refractivity contribution in [1.29, 1.82) is 10.5 Å². The summed E-state index contributed by atoms with van der Waals surface area (Å²) in [6.07, 6.45) is 0. The fourth-order valence-electron chi connectivity index (χ4n) is 2.92. The van der Waals surface area contributed by atoms with E-state index in [0.717, 1.165) is 9.80 Å². The molecule has 7 heteroatoms. The first kappa shape index (κ1) is 17.8. The summed E-state index contributed by atoms with van der Waals surface area (Å²) in [6.45, 7) is -0.367. The number of hydrogen-bond acceptors (Lipinski definition) is 5. The summed E-state index contributed by atoms with van der Waals surface area (Å²) < 4.78 is 0. The van der Waals surface area contributed by atoms with Crippen LogP contribution < -0.4 is 0 Å². The Morgan fingerprint density at radius 1 is 0.926 bits per heavy atom. The van der Waals surface area contributed by atoms with Crippen LogP contribution in [0.4, 0.5) is 0 Å². The molecule has 0 saturated carbocycles. The maximum absolute atomic E-state index is 12.5. The van der Waals surface area contributed by atoms with E-state index in [2.05, 4.69) is 0 Å². The average molecular weight is 358 g/mol. The molecule has 132 valence electrons. The highest BCUT2D eigenvalue weighted by Gasteiger charge is 2.35. The lowest BCUT2D eigenvalue weighted by Gasteiger charge is -2.17. The van der Waals surface area contributed by atoms with Crippen LogP contribution in [0.3, 0.4) is 0 Å². The van der Waals surface area contributed by atoms with Crippen molar-refractivity contribution in [2.45, 2.75) is 6.54 Å². The Hall–Kier alpha value is -3.97. The third-order valence-corrected chi connectivity index (χ3v) is 4.20. The van der Waals surface area contributed by atoms with Gasteiger partial charge in [-0.1, -0.05) is 24.3 Å². The lowest BCUT2D eigenvalue weighted by molar-refractivity contribution is 0.0642. The largest absolute Gasteiger partial charge is 0.312 e. The van der Waals surface area contributed by atoms with Crippen LogP contribution in [0.15, 0.2) is 48.5 Å². The van der Waals surface area contributed by atoms with Crippen LogP contribution in [-0.2, 0) is 6.54 Å². The predicted molar refractivity (Wildman–Crippen MR) is 94.2 cm³/mol. The van der Waals surface area contributed by atoms with E-state index in [0.29, 0.717) is 16.7 Å². The van der Waals surface area contributed by atoms with Crippen LogP contribution in [-0.4, -0.2) is 40.6 Å². The molecule has 0 saturated heterocycles. The first-order valence-electron chi connectivity index (χ1n) is 8.14. The minimum Gasteiger partial charge on any atom is -0.312 e. The molecule has 3 rings (SSSR count). The highest BCUT2D eigenvalue weighted by atomic mass is 16.2. The van der Waals surface area contributed by atoms with Crippen LogP contribution in [0.25, 0.3) is 0 Å². The molecular weight excluding hydrogens is 344 g/mol. The Kier molecular flexibility index (Phi) is 4.96. The van der Waals surface area contributed by atoms with Crippen LogP contribution >= 0.6 is 0 Å². The number of nitrogens with zero attached hydrogens (tertiary/aromatic N) is 4. The van der Waals surface area contributed by atoms with E-state index < -0.39 is 5.91 Å². The van der Waals surface area contributed by atoms with Crippen LogP contribution in [0.5, 0.6) is 0 Å². The second kappa shape index (κ2) is 7.51. The van der Waals surface area contributed by atoms with Crippen LogP contribution in [0.1, 0.15) is 36.6 Å². The second-order valence-electron chi connectivity index (χ2n) is 5.92. The number of benzene rings is 2. The predicted octanol–water partition coefficient (Wildman–Crippen LogP) is 1.97. The first-order valence-corrected chi connectivity index (χ1v) is 8.14. The zero-order chi connectivity index (χ0) is 19.4. The molecule has 0 spiro atoms. The number of nitriles is 2. The maximum Gasteiger partial charge on any atom is 0.261 e. The Bertz CT molecular complexity index is 965. The van der Waals surface area contributed by atoms with Gasteiger partial charge in [-0.2, -0.15) is 10.5 Å². The van der Waals surface area contributed by atoms with Gasteiger partial charge >= 0.3 is 0 Å². The molecule has 0 bridgehead atoms. The standard InChI is InChI=1S/C20H14N4O3/c21-8-10-23(11-9-22)18(25)15-5-3-4-14(12-15)13-24-19(26)16-6-1-2-7-17(16)20(24)27/h1-7,12H,10-11,13H2. The van der Waals surface area contributed by atoms with Crippen molar-refractivity contribution < 1.29 is 14.4 Å². The van der Waals surface area contributed by atoms with Gasteiger partial charge in [0.25, 0.3) is 17.7 Å². The Balaban J connectivity index is 1.82. The Morgan fingerprint density at radius 3 is 2.07 bits per heavy atom. The van der Waals surface area contributed by atoms with Crippen molar-refractivity contribution in [3.05, 3.63) is 70.8 Å². The Labute approximate surface area is 155 Å². The minimum atomic E-state index is -0.456. The second-order valence-corrected chi connectivity index (χ2v) is 5.92. The smallest absolute Gasteiger partial charge is 0.261 e. The van der Waals surface area contributed by atoms with Gasteiger partial charge in [0.2, 0.25) is 0 Å². The SMILES string of the molecule is N#CCN(CC#N)C(=O)c1cccc(CN2C(=O)c3ccccc3C2=O)c1. The summed E-state index contributed by atoms with van der Waals surface area (Å²) in [5.74, 6) is -1.20. The molecule has 1 heterocycles. The monoisotopic (exact) mass is 358 g/mol. The summed E-state index contributed by atoms with van der Waals surface area (Å²) in [5.41, 5.74) is 1.62. The normalized spacial score (nSPS) is 12.3. The summed E-state index contributed by atoms with van der Waals surface area (Å²) >= 11 is 0. The molecule has 7 nitrogen and oxygen atoms in total. The zero-order valence-electron chi connectivity index (χ0n) is 14.3. The molecule has 2 aromatic rings. The number of hydrogen-bond donors (Lipinski definition) is 0. The van der Waals surface area contributed by atoms with Gasteiger partial charge in [-0.15, -0.1) is 0 Å². The zero-order valence-corrected chi connectivity index (χ0v) is 14.3. The van der Waals surface area contributed by atoms with Gasteiger partial charge in [-0.3, -0.25) is 19.3 Å². The molecule has 1 aliphatic heterocycles. The molecule has 0 aromatic heterocycles. The highest BCUT2D eigenvalue weighted by molar-refractivity contribution is 6.21. The molecular formula is C20H14N4O3. The third-order valence-electron chi connectivity index (χ3n) is 4.20. The van der Waals surface area contributed by atoms with Crippen molar-refractivity contribution in [1.82, 2.24) is 9.80 Å². The maximum atomic E-state index is 12.5. The van der Waals surface area contributed by atoms with Gasteiger partial charge < -0.3 is 4.90 Å². The van der Waals surface area contributed by atoms with E-state index in [-0.39, 0.29) is 37.0 Å². The van der Waals surface area contributed by atoms with Gasteiger partial charge in [-0.05, 0) is 29.8 Å². The molecule has 1 aliphatic rings. The molecule has 0 atom stereocenters. The van der Waals surface area contributed by atoms with E-state index in [1.165, 1.54) is 0 Å². The van der Waals surface area contributed by atoms with Gasteiger partial charge in [0, 0.05) is 5.56 Å². The molecule has 0 N–H and O–H groups in total. The van der Waals surface area contributed by atoms with E-state index >= 15 is 0 Å². The third kappa shape index (κ3) is 3.39. The summed E-state index contributed by atoms with van der Waals surface area (Å²) in [7, 11) is 0. The number of amides is 3. The topological polar surface area (TPSA) is 105 Å². The van der Waals surface area contributed by atoms with E-state index in [1.54, 1.807) is 48.5 Å². The Morgan fingerprint density at radius 2 is 1.52 bits per heavy atom. The summed E-state index contributed by atoms with van der Waals surface area (Å²) in [5, 5.41) is 17.6. The number of carbonyl (C=O) groups excluding carboxylic acids is 3. The molecule has 0 unspecified atom stereocenters. The average Bonchev–Trinajstić information content (AvgIpc) is 2.93. The number of carbonyl (C=O) groups is 3. The molecule has 0 fully saturated rings. The van der Waals surface area contributed by atoms with Crippen LogP contribution in [0, 0.1) is 22.7 Å². The molecule has 0 radical (unpaired) electrons.